The van der Waals surface area contributed by atoms with Gasteiger partial charge in [0.25, 0.3) is 0 Å². The van der Waals surface area contributed by atoms with E-state index in [1.165, 1.54) is 0 Å². The molecule has 4 heteroatoms. The topological polar surface area (TPSA) is 35.5 Å². The van der Waals surface area contributed by atoms with Crippen LogP contribution in [-0.4, -0.2) is 27.5 Å². The van der Waals surface area contributed by atoms with Crippen molar-refractivity contribution in [3.63, 3.8) is 0 Å². The first-order valence-corrected chi connectivity index (χ1v) is 10.3. The van der Waals surface area contributed by atoms with E-state index in [0.717, 1.165) is 25.9 Å². The van der Waals surface area contributed by atoms with Crippen LogP contribution in [0.3, 0.4) is 0 Å². The molecule has 114 valence electrons. The van der Waals surface area contributed by atoms with Gasteiger partial charge in [-0.1, -0.05) is 34.1 Å². The van der Waals surface area contributed by atoms with Gasteiger partial charge in [0, 0.05) is 6.61 Å². The summed E-state index contributed by atoms with van der Waals surface area (Å²) in [6.45, 7) is 16.4. The lowest BCUT2D eigenvalue weighted by Crippen LogP contribution is -2.40. The van der Waals surface area contributed by atoms with Gasteiger partial charge in [0.2, 0.25) is 0 Å². The fraction of sp³-hybridized carbons (Fsp3) is 0.933. The molecule has 0 rings (SSSR count). The first kappa shape index (κ1) is 18.6. The van der Waals surface area contributed by atoms with Gasteiger partial charge in [-0.2, -0.15) is 0 Å². The fourth-order valence-electron chi connectivity index (χ4n) is 1.50. The van der Waals surface area contributed by atoms with Gasteiger partial charge in [-0.15, -0.1) is 0 Å². The van der Waals surface area contributed by atoms with Gasteiger partial charge in [-0.25, -0.2) is 0 Å². The highest BCUT2D eigenvalue weighted by molar-refractivity contribution is 6.74. The van der Waals surface area contributed by atoms with Crippen molar-refractivity contribution < 1.29 is 14.0 Å². The molecule has 0 fully saturated rings. The standard InChI is InChI=1S/C15H32O3Si/c1-8-17-14(16)13(2)11-9-10-12-18-19(6,7)15(3,4)5/h13H,8-12H2,1-7H3. The smallest absolute Gasteiger partial charge is 0.308 e. The minimum Gasteiger partial charge on any atom is -0.466 e. The maximum Gasteiger partial charge on any atom is 0.308 e. The lowest BCUT2D eigenvalue weighted by atomic mass is 10.0. The van der Waals surface area contributed by atoms with Gasteiger partial charge in [0.15, 0.2) is 8.32 Å². The summed E-state index contributed by atoms with van der Waals surface area (Å²) in [6, 6.07) is 0. The SMILES string of the molecule is CCOC(=O)C(C)CCCCO[Si](C)(C)C(C)(C)C. The molecule has 0 aliphatic rings. The predicted molar refractivity (Wildman–Crippen MR) is 82.8 cm³/mol. The monoisotopic (exact) mass is 288 g/mol. The molecule has 0 aliphatic carbocycles. The summed E-state index contributed by atoms with van der Waals surface area (Å²) in [7, 11) is -1.61. The third kappa shape index (κ3) is 7.11. The van der Waals surface area contributed by atoms with E-state index in [4.69, 9.17) is 9.16 Å². The minimum absolute atomic E-state index is 0.00724. The van der Waals surface area contributed by atoms with Gasteiger partial charge >= 0.3 is 5.97 Å². The first-order chi connectivity index (χ1) is 8.62. The zero-order chi connectivity index (χ0) is 15.1. The Bertz CT molecular complexity index is 269. The third-order valence-electron chi connectivity index (χ3n) is 3.99. The van der Waals surface area contributed by atoms with Gasteiger partial charge < -0.3 is 9.16 Å². The van der Waals surface area contributed by atoms with E-state index < -0.39 is 8.32 Å². The molecule has 0 spiro atoms. The van der Waals surface area contributed by atoms with Crippen molar-refractivity contribution in [2.75, 3.05) is 13.2 Å². The van der Waals surface area contributed by atoms with E-state index >= 15 is 0 Å². The van der Waals surface area contributed by atoms with E-state index in [1.54, 1.807) is 0 Å². The molecular formula is C15H32O3Si. The normalized spacial score (nSPS) is 14.3. The average Bonchev–Trinajstić information content (AvgIpc) is 2.26. The van der Waals surface area contributed by atoms with Crippen LogP contribution in [0.25, 0.3) is 0 Å². The number of hydrogen-bond acceptors (Lipinski definition) is 3. The number of carbonyl (C=O) groups excluding carboxylic acids is 1. The summed E-state index contributed by atoms with van der Waals surface area (Å²) in [6.07, 6.45) is 2.94. The molecule has 0 bridgehead atoms. The summed E-state index contributed by atoms with van der Waals surface area (Å²) in [5.41, 5.74) is 0. The quantitative estimate of drug-likeness (QED) is 0.378. The summed E-state index contributed by atoms with van der Waals surface area (Å²) in [5, 5.41) is 0.269. The Kier molecular flexibility index (Phi) is 7.90. The molecule has 0 saturated carbocycles. The van der Waals surface area contributed by atoms with Crippen molar-refractivity contribution in [3.8, 4) is 0 Å². The fourth-order valence-corrected chi connectivity index (χ4v) is 2.59. The number of ether oxygens (including phenoxy) is 1. The second kappa shape index (κ2) is 8.05. The van der Waals surface area contributed by atoms with Crippen LogP contribution in [0.2, 0.25) is 18.1 Å². The lowest BCUT2D eigenvalue weighted by Gasteiger charge is -2.36. The van der Waals surface area contributed by atoms with Crippen molar-refractivity contribution in [3.05, 3.63) is 0 Å². The van der Waals surface area contributed by atoms with E-state index in [0.29, 0.717) is 6.61 Å². The highest BCUT2D eigenvalue weighted by Crippen LogP contribution is 2.36. The Hall–Kier alpha value is -0.353. The molecule has 0 aromatic heterocycles. The molecule has 3 nitrogen and oxygen atoms in total. The highest BCUT2D eigenvalue weighted by atomic mass is 28.4. The van der Waals surface area contributed by atoms with Crippen LogP contribution in [0.5, 0.6) is 0 Å². The van der Waals surface area contributed by atoms with Crippen molar-refractivity contribution in [2.45, 2.75) is 72.0 Å². The Balaban J connectivity index is 3.80. The summed E-state index contributed by atoms with van der Waals surface area (Å²) in [4.78, 5) is 11.5. The molecule has 0 amide bonds. The molecule has 19 heavy (non-hydrogen) atoms. The number of carbonyl (C=O) groups is 1. The second-order valence-corrected chi connectivity index (χ2v) is 11.6. The highest BCUT2D eigenvalue weighted by Gasteiger charge is 2.36. The van der Waals surface area contributed by atoms with Crippen LogP contribution >= 0.6 is 0 Å². The molecule has 0 aromatic carbocycles. The molecule has 1 unspecified atom stereocenters. The van der Waals surface area contributed by atoms with Gasteiger partial charge in [0.05, 0.1) is 12.5 Å². The molecule has 0 N–H and O–H groups in total. The van der Waals surface area contributed by atoms with Crippen LogP contribution in [0.4, 0.5) is 0 Å². The summed E-state index contributed by atoms with van der Waals surface area (Å²) < 4.78 is 11.1. The van der Waals surface area contributed by atoms with Crippen LogP contribution in [0.15, 0.2) is 0 Å². The first-order valence-electron chi connectivity index (χ1n) is 7.42. The minimum atomic E-state index is -1.61. The zero-order valence-electron chi connectivity index (χ0n) is 13.8. The second-order valence-electron chi connectivity index (χ2n) is 6.76. The van der Waals surface area contributed by atoms with Crippen LogP contribution in [-0.2, 0) is 14.0 Å². The summed E-state index contributed by atoms with van der Waals surface area (Å²) in [5.74, 6) is -0.0689. The van der Waals surface area contributed by atoms with Crippen molar-refractivity contribution >= 4 is 14.3 Å². The van der Waals surface area contributed by atoms with Crippen molar-refractivity contribution in [1.82, 2.24) is 0 Å². The van der Waals surface area contributed by atoms with E-state index in [1.807, 2.05) is 13.8 Å². The van der Waals surface area contributed by atoms with Crippen molar-refractivity contribution in [2.24, 2.45) is 5.92 Å². The Morgan fingerprint density at radius 3 is 2.26 bits per heavy atom. The molecule has 0 aromatic rings. The third-order valence-corrected chi connectivity index (χ3v) is 8.53. The molecular weight excluding hydrogens is 256 g/mol. The predicted octanol–water partition coefficient (Wildman–Crippen LogP) is 4.38. The Morgan fingerprint density at radius 2 is 1.79 bits per heavy atom. The molecule has 1 atom stereocenters. The van der Waals surface area contributed by atoms with E-state index in [-0.39, 0.29) is 16.9 Å². The van der Waals surface area contributed by atoms with Crippen molar-refractivity contribution in [1.29, 1.82) is 0 Å². The van der Waals surface area contributed by atoms with Crippen LogP contribution in [0.1, 0.15) is 53.9 Å². The van der Waals surface area contributed by atoms with Crippen LogP contribution in [0, 0.1) is 5.92 Å². The lowest BCUT2D eigenvalue weighted by molar-refractivity contribution is -0.147. The maximum atomic E-state index is 11.5. The van der Waals surface area contributed by atoms with Gasteiger partial charge in [-0.3, -0.25) is 4.79 Å². The summed E-state index contributed by atoms with van der Waals surface area (Å²) >= 11 is 0. The number of esters is 1. The number of rotatable bonds is 8. The van der Waals surface area contributed by atoms with Gasteiger partial charge in [-0.05, 0) is 37.9 Å². The largest absolute Gasteiger partial charge is 0.466 e. The van der Waals surface area contributed by atoms with Gasteiger partial charge in [0.1, 0.15) is 0 Å². The maximum absolute atomic E-state index is 11.5. The average molecular weight is 289 g/mol. The number of hydrogen-bond donors (Lipinski definition) is 0. The van der Waals surface area contributed by atoms with E-state index in [2.05, 4.69) is 33.9 Å². The zero-order valence-corrected chi connectivity index (χ0v) is 14.8. The molecule has 0 aliphatic heterocycles. The molecule has 0 heterocycles. The molecule has 0 saturated heterocycles. The Labute approximate surface area is 120 Å². The van der Waals surface area contributed by atoms with Crippen LogP contribution < -0.4 is 0 Å². The Morgan fingerprint density at radius 1 is 1.21 bits per heavy atom. The molecule has 0 radical (unpaired) electrons. The number of unbranched alkanes of at least 4 members (excludes halogenated alkanes) is 1. The van der Waals surface area contributed by atoms with E-state index in [9.17, 15) is 4.79 Å².